The Hall–Kier alpha value is -0.330. The third-order valence-corrected chi connectivity index (χ3v) is 5.43. The molecule has 1 heterocycles. The van der Waals surface area contributed by atoms with Crippen molar-refractivity contribution in [3.05, 3.63) is 0 Å². The first-order valence-corrected chi connectivity index (χ1v) is 8.32. The van der Waals surface area contributed by atoms with Gasteiger partial charge in [-0.05, 0) is 52.1 Å². The maximum absolute atomic E-state index is 11.5. The molecule has 1 saturated heterocycles. The number of sulfone groups is 1. The number of halogens is 1. The van der Waals surface area contributed by atoms with Crippen molar-refractivity contribution in [2.24, 2.45) is 5.92 Å². The zero-order chi connectivity index (χ0) is 13.6. The first-order valence-electron chi connectivity index (χ1n) is 6.61. The van der Waals surface area contributed by atoms with E-state index >= 15 is 0 Å². The van der Waals surface area contributed by atoms with Gasteiger partial charge in [-0.25, -0.2) is 8.42 Å². The lowest BCUT2D eigenvalue weighted by Gasteiger charge is -2.22. The Morgan fingerprint density at radius 1 is 1.42 bits per heavy atom. The van der Waals surface area contributed by atoms with E-state index in [-0.39, 0.29) is 18.3 Å². The van der Waals surface area contributed by atoms with Crippen LogP contribution in [0.1, 0.15) is 33.1 Å². The van der Waals surface area contributed by atoms with Gasteiger partial charge >= 0.3 is 0 Å². The van der Waals surface area contributed by atoms with Gasteiger partial charge in [0.05, 0.1) is 5.25 Å². The van der Waals surface area contributed by atoms with Crippen LogP contribution in [0.25, 0.3) is 0 Å². The van der Waals surface area contributed by atoms with E-state index in [9.17, 15) is 13.2 Å². The fraction of sp³-hybridized carbons (Fsp3) is 0.917. The molecule has 19 heavy (non-hydrogen) atoms. The summed E-state index contributed by atoms with van der Waals surface area (Å²) < 4.78 is 23.1. The van der Waals surface area contributed by atoms with E-state index in [0.717, 1.165) is 19.5 Å². The van der Waals surface area contributed by atoms with Crippen LogP contribution in [0.15, 0.2) is 0 Å². The second-order valence-corrected chi connectivity index (χ2v) is 7.76. The van der Waals surface area contributed by atoms with Gasteiger partial charge in [-0.3, -0.25) is 4.79 Å². The molecular formula is C12H25ClN2O3S. The summed E-state index contributed by atoms with van der Waals surface area (Å²) in [6.45, 7) is 5.83. The minimum absolute atomic E-state index is 0. The highest BCUT2D eigenvalue weighted by molar-refractivity contribution is 7.92. The average molecular weight is 313 g/mol. The Balaban J connectivity index is 0.00000324. The van der Waals surface area contributed by atoms with Crippen LogP contribution in [0.3, 0.4) is 0 Å². The van der Waals surface area contributed by atoms with E-state index in [1.54, 1.807) is 13.8 Å². The number of carbonyl (C=O) groups is 1. The average Bonchev–Trinajstić information content (AvgIpc) is 2.29. The molecule has 2 N–H and O–H groups in total. The van der Waals surface area contributed by atoms with Crippen molar-refractivity contribution in [3.63, 3.8) is 0 Å². The van der Waals surface area contributed by atoms with Crippen LogP contribution in [0.4, 0.5) is 0 Å². The van der Waals surface area contributed by atoms with Gasteiger partial charge in [0.25, 0.3) is 0 Å². The molecule has 5 nitrogen and oxygen atoms in total. The third kappa shape index (κ3) is 7.13. The monoisotopic (exact) mass is 312 g/mol. The predicted molar refractivity (Wildman–Crippen MR) is 79.4 cm³/mol. The van der Waals surface area contributed by atoms with Crippen LogP contribution < -0.4 is 10.6 Å². The number of nitrogens with one attached hydrogen (secondary N) is 2. The van der Waals surface area contributed by atoms with Crippen LogP contribution in [-0.4, -0.2) is 45.0 Å². The van der Waals surface area contributed by atoms with Gasteiger partial charge in [0, 0.05) is 6.54 Å². The van der Waals surface area contributed by atoms with E-state index in [4.69, 9.17) is 0 Å². The zero-order valence-electron chi connectivity index (χ0n) is 11.6. The fourth-order valence-corrected chi connectivity index (χ4v) is 2.79. The summed E-state index contributed by atoms with van der Waals surface area (Å²) in [6, 6.07) is 0. The van der Waals surface area contributed by atoms with E-state index in [1.807, 2.05) is 0 Å². The second-order valence-electron chi connectivity index (χ2n) is 5.21. The number of hydrogen-bond donors (Lipinski definition) is 2. The fourth-order valence-electron chi connectivity index (χ4n) is 1.99. The predicted octanol–water partition coefficient (Wildman–Crippen LogP) is 0.737. The lowest BCUT2D eigenvalue weighted by molar-refractivity contribution is -0.118. The molecule has 1 unspecified atom stereocenters. The second kappa shape index (κ2) is 8.76. The highest BCUT2D eigenvalue weighted by Crippen LogP contribution is 2.12. The van der Waals surface area contributed by atoms with Gasteiger partial charge in [0.2, 0.25) is 5.91 Å². The molecule has 1 atom stereocenters. The Morgan fingerprint density at radius 2 is 2.11 bits per heavy atom. The number of carbonyl (C=O) groups excluding carboxylic acids is 1. The van der Waals surface area contributed by atoms with Crippen molar-refractivity contribution >= 4 is 28.2 Å². The lowest BCUT2D eigenvalue weighted by atomic mass is 9.96. The molecule has 114 valence electrons. The van der Waals surface area contributed by atoms with Crippen LogP contribution in [0, 0.1) is 5.92 Å². The first-order chi connectivity index (χ1) is 8.42. The number of hydrogen-bond acceptors (Lipinski definition) is 4. The number of rotatable bonds is 6. The molecule has 1 aliphatic heterocycles. The Bertz CT molecular complexity index is 365. The minimum Gasteiger partial charge on any atom is -0.355 e. The number of piperidine rings is 1. The highest BCUT2D eigenvalue weighted by Gasteiger charge is 2.20. The summed E-state index contributed by atoms with van der Waals surface area (Å²) in [6.07, 6.45) is 3.29. The van der Waals surface area contributed by atoms with E-state index in [0.29, 0.717) is 12.5 Å². The third-order valence-electron chi connectivity index (χ3n) is 3.32. The van der Waals surface area contributed by atoms with Gasteiger partial charge in [-0.2, -0.15) is 0 Å². The highest BCUT2D eigenvalue weighted by atomic mass is 35.5. The minimum atomic E-state index is -3.28. The van der Waals surface area contributed by atoms with Crippen molar-refractivity contribution in [2.45, 2.75) is 38.4 Å². The summed E-state index contributed by atoms with van der Waals surface area (Å²) >= 11 is 0. The SMILES string of the molecule is CC(C)S(=O)(=O)CC(=O)NCCC1CCCNC1.Cl. The normalized spacial score (nSPS) is 19.8. The molecule has 0 aromatic heterocycles. The van der Waals surface area contributed by atoms with Crippen LogP contribution in [0.5, 0.6) is 0 Å². The molecule has 1 rings (SSSR count). The molecular weight excluding hydrogens is 288 g/mol. The van der Waals surface area contributed by atoms with E-state index in [1.165, 1.54) is 12.8 Å². The molecule has 0 radical (unpaired) electrons. The zero-order valence-corrected chi connectivity index (χ0v) is 13.3. The van der Waals surface area contributed by atoms with Gasteiger partial charge in [0.15, 0.2) is 9.84 Å². The van der Waals surface area contributed by atoms with Gasteiger partial charge < -0.3 is 10.6 Å². The van der Waals surface area contributed by atoms with Crippen LogP contribution >= 0.6 is 12.4 Å². The van der Waals surface area contributed by atoms with E-state index < -0.39 is 20.8 Å². The van der Waals surface area contributed by atoms with Crippen molar-refractivity contribution in [1.29, 1.82) is 0 Å². The summed E-state index contributed by atoms with van der Waals surface area (Å²) in [5.74, 6) is -0.179. The lowest BCUT2D eigenvalue weighted by Crippen LogP contribution is -2.36. The molecule has 1 aliphatic rings. The Kier molecular flexibility index (Phi) is 8.61. The summed E-state index contributed by atoms with van der Waals surface area (Å²) in [5.41, 5.74) is 0. The maximum atomic E-state index is 11.5. The van der Waals surface area contributed by atoms with Gasteiger partial charge in [0.1, 0.15) is 5.75 Å². The van der Waals surface area contributed by atoms with E-state index in [2.05, 4.69) is 10.6 Å². The quantitative estimate of drug-likeness (QED) is 0.758. The first kappa shape index (κ1) is 18.7. The Morgan fingerprint density at radius 3 is 2.63 bits per heavy atom. The van der Waals surface area contributed by atoms with Gasteiger partial charge in [-0.15, -0.1) is 12.4 Å². The molecule has 0 spiro atoms. The van der Waals surface area contributed by atoms with Gasteiger partial charge in [-0.1, -0.05) is 0 Å². The number of amides is 1. The standard InChI is InChI=1S/C12H24N2O3S.ClH/c1-10(2)18(16,17)9-12(15)14-7-5-11-4-3-6-13-8-11;/h10-11,13H,3-9H2,1-2H3,(H,14,15);1H. The van der Waals surface area contributed by atoms with Crippen molar-refractivity contribution in [2.75, 3.05) is 25.4 Å². The topological polar surface area (TPSA) is 75.3 Å². The van der Waals surface area contributed by atoms with Crippen molar-refractivity contribution < 1.29 is 13.2 Å². The molecule has 1 fully saturated rings. The van der Waals surface area contributed by atoms with Crippen LogP contribution in [-0.2, 0) is 14.6 Å². The molecule has 0 bridgehead atoms. The summed E-state index contributed by atoms with van der Waals surface area (Å²) in [7, 11) is -3.28. The molecule has 0 saturated carbocycles. The van der Waals surface area contributed by atoms with Crippen molar-refractivity contribution in [3.8, 4) is 0 Å². The smallest absolute Gasteiger partial charge is 0.235 e. The molecule has 0 aromatic carbocycles. The molecule has 7 heteroatoms. The van der Waals surface area contributed by atoms with Crippen molar-refractivity contribution in [1.82, 2.24) is 10.6 Å². The summed E-state index contributed by atoms with van der Waals surface area (Å²) in [5, 5.41) is 5.52. The molecule has 0 aromatic rings. The maximum Gasteiger partial charge on any atom is 0.235 e. The summed E-state index contributed by atoms with van der Waals surface area (Å²) in [4.78, 5) is 11.5. The Labute approximate surface area is 122 Å². The van der Waals surface area contributed by atoms with Crippen LogP contribution in [0.2, 0.25) is 0 Å². The molecule has 0 aliphatic carbocycles. The largest absolute Gasteiger partial charge is 0.355 e. The molecule has 1 amide bonds.